The molecule has 0 saturated carbocycles. The van der Waals surface area contributed by atoms with Gasteiger partial charge in [0.15, 0.2) is 10.8 Å². The molecule has 1 amide bonds. The van der Waals surface area contributed by atoms with Gasteiger partial charge in [-0.05, 0) is 44.2 Å². The van der Waals surface area contributed by atoms with E-state index in [0.29, 0.717) is 11.4 Å². The molecule has 10 heteroatoms. The lowest BCUT2D eigenvalue weighted by Crippen LogP contribution is -2.23. The minimum Gasteiger partial charge on any atom is -0.370 e. The van der Waals surface area contributed by atoms with Crippen LogP contribution in [0.5, 0.6) is 0 Å². The highest BCUT2D eigenvalue weighted by atomic mass is 32.1. The summed E-state index contributed by atoms with van der Waals surface area (Å²) in [6.07, 6.45) is 0. The average molecular weight is 403 g/mol. The van der Waals surface area contributed by atoms with Gasteiger partial charge in [-0.25, -0.2) is 0 Å². The maximum absolute atomic E-state index is 11.8. The minimum atomic E-state index is -0.570. The summed E-state index contributed by atoms with van der Waals surface area (Å²) in [5, 5.41) is 22.0. The number of carbonyl (C=O) groups excluding carboxylic acids is 2. The Labute approximate surface area is 166 Å². The first kappa shape index (κ1) is 21.2. The number of para-hydroxylation sites is 1. The molecule has 1 aromatic heterocycles. The third-order valence-corrected chi connectivity index (χ3v) is 4.90. The lowest BCUT2D eigenvalue weighted by Gasteiger charge is -2.24. The van der Waals surface area contributed by atoms with Crippen molar-refractivity contribution in [3.8, 4) is 0 Å². The van der Waals surface area contributed by atoms with E-state index in [1.807, 2.05) is 19.9 Å². The molecule has 0 aliphatic carbocycles. The van der Waals surface area contributed by atoms with Crippen LogP contribution >= 0.6 is 11.3 Å². The van der Waals surface area contributed by atoms with Crippen molar-refractivity contribution in [1.82, 2.24) is 0 Å². The topological polar surface area (TPSA) is 117 Å². The van der Waals surface area contributed by atoms with Gasteiger partial charge in [0.2, 0.25) is 5.91 Å². The molecular weight excluding hydrogens is 382 g/mol. The molecular formula is C18H21N5O4S. The van der Waals surface area contributed by atoms with Crippen LogP contribution in [0.15, 0.2) is 34.5 Å². The lowest BCUT2D eigenvalue weighted by atomic mass is 10.2. The number of hydrogen-bond acceptors (Lipinski definition) is 8. The standard InChI is InChI=1S/C18H21N5O4S/c1-5-22(6-2)15-9-7-8-14(17(15)19-12(4)25)20-21-18-13(11(3)24)10-16(28-18)23(26)27/h7-10H,5-6H2,1-4H3,(H,19,25). The van der Waals surface area contributed by atoms with Crippen LogP contribution in [0.3, 0.4) is 0 Å². The second kappa shape index (κ2) is 9.18. The fraction of sp³-hybridized carbons (Fsp3) is 0.333. The number of ketones is 1. The number of anilines is 2. The lowest BCUT2D eigenvalue weighted by molar-refractivity contribution is -0.380. The maximum atomic E-state index is 11.8. The third-order valence-electron chi connectivity index (χ3n) is 3.93. The summed E-state index contributed by atoms with van der Waals surface area (Å²) in [6, 6.07) is 6.53. The SMILES string of the molecule is CCN(CC)c1cccc(N=Nc2sc([N+](=O)[O-])cc2C(C)=O)c1NC(C)=O. The fourth-order valence-electron chi connectivity index (χ4n) is 2.63. The van der Waals surface area contributed by atoms with Crippen LogP contribution in [0.2, 0.25) is 0 Å². The number of amides is 1. The molecule has 0 fully saturated rings. The number of nitro groups is 1. The maximum Gasteiger partial charge on any atom is 0.326 e. The summed E-state index contributed by atoms with van der Waals surface area (Å²) in [5.74, 6) is -0.593. The normalized spacial score (nSPS) is 10.9. The van der Waals surface area contributed by atoms with E-state index in [1.54, 1.807) is 12.1 Å². The van der Waals surface area contributed by atoms with Crippen molar-refractivity contribution in [2.45, 2.75) is 27.7 Å². The second-order valence-electron chi connectivity index (χ2n) is 5.84. The number of rotatable bonds is 8. The minimum absolute atomic E-state index is 0.140. The van der Waals surface area contributed by atoms with Crippen molar-refractivity contribution in [3.63, 3.8) is 0 Å². The highest BCUT2D eigenvalue weighted by Crippen LogP contribution is 2.40. The van der Waals surface area contributed by atoms with Crippen LogP contribution in [-0.2, 0) is 4.79 Å². The van der Waals surface area contributed by atoms with Crippen molar-refractivity contribution in [3.05, 3.63) is 39.9 Å². The van der Waals surface area contributed by atoms with Gasteiger partial charge in [0, 0.05) is 26.1 Å². The number of benzene rings is 1. The fourth-order valence-corrected chi connectivity index (χ4v) is 3.47. The zero-order valence-corrected chi connectivity index (χ0v) is 16.9. The first-order chi connectivity index (χ1) is 13.3. The number of carbonyl (C=O) groups is 2. The van der Waals surface area contributed by atoms with E-state index in [1.165, 1.54) is 19.9 Å². The number of thiophene rings is 1. The molecule has 2 aromatic rings. The summed E-state index contributed by atoms with van der Waals surface area (Å²) in [6.45, 7) is 8.17. The highest BCUT2D eigenvalue weighted by molar-refractivity contribution is 7.19. The van der Waals surface area contributed by atoms with Gasteiger partial charge in [-0.2, -0.15) is 0 Å². The van der Waals surface area contributed by atoms with Crippen molar-refractivity contribution in [1.29, 1.82) is 0 Å². The predicted octanol–water partition coefficient (Wildman–Crippen LogP) is 5.08. The van der Waals surface area contributed by atoms with Gasteiger partial charge in [-0.1, -0.05) is 6.07 Å². The molecule has 9 nitrogen and oxygen atoms in total. The van der Waals surface area contributed by atoms with Crippen molar-refractivity contribution >= 4 is 50.1 Å². The van der Waals surface area contributed by atoms with Gasteiger partial charge in [0.25, 0.3) is 0 Å². The van der Waals surface area contributed by atoms with Crippen LogP contribution in [0, 0.1) is 10.1 Å². The molecule has 0 radical (unpaired) electrons. The first-order valence-corrected chi connectivity index (χ1v) is 9.46. The van der Waals surface area contributed by atoms with Crippen molar-refractivity contribution < 1.29 is 14.5 Å². The van der Waals surface area contributed by atoms with Crippen LogP contribution in [0.1, 0.15) is 38.1 Å². The molecule has 0 saturated heterocycles. The van der Waals surface area contributed by atoms with E-state index in [-0.39, 0.29) is 27.3 Å². The molecule has 0 atom stereocenters. The number of Topliss-reactive ketones (excluding diaryl/α,β-unsaturated/α-hetero) is 1. The number of hydrogen-bond donors (Lipinski definition) is 1. The van der Waals surface area contributed by atoms with Gasteiger partial charge < -0.3 is 10.2 Å². The molecule has 0 bridgehead atoms. The molecule has 2 rings (SSSR count). The van der Waals surface area contributed by atoms with E-state index >= 15 is 0 Å². The number of azo groups is 1. The molecule has 0 unspecified atom stereocenters. The molecule has 1 N–H and O–H groups in total. The predicted molar refractivity (Wildman–Crippen MR) is 109 cm³/mol. The highest BCUT2D eigenvalue weighted by Gasteiger charge is 2.20. The first-order valence-electron chi connectivity index (χ1n) is 8.64. The smallest absolute Gasteiger partial charge is 0.326 e. The van der Waals surface area contributed by atoms with Crippen LogP contribution in [-0.4, -0.2) is 29.7 Å². The number of nitrogens with zero attached hydrogens (tertiary/aromatic N) is 4. The van der Waals surface area contributed by atoms with Crippen LogP contribution in [0.25, 0.3) is 0 Å². The van der Waals surface area contributed by atoms with E-state index < -0.39 is 4.92 Å². The Bertz CT molecular complexity index is 934. The zero-order chi connectivity index (χ0) is 20.8. The average Bonchev–Trinajstić information content (AvgIpc) is 3.07. The van der Waals surface area contributed by atoms with Crippen molar-refractivity contribution in [2.24, 2.45) is 10.2 Å². The summed E-state index contributed by atoms with van der Waals surface area (Å²) in [5.41, 5.74) is 1.82. The van der Waals surface area contributed by atoms with E-state index in [2.05, 4.69) is 20.4 Å². The third kappa shape index (κ3) is 4.77. The van der Waals surface area contributed by atoms with Gasteiger partial charge >= 0.3 is 5.00 Å². The Morgan fingerprint density at radius 2 is 1.89 bits per heavy atom. The van der Waals surface area contributed by atoms with Crippen LogP contribution < -0.4 is 10.2 Å². The second-order valence-corrected chi connectivity index (χ2v) is 6.85. The van der Waals surface area contributed by atoms with Gasteiger partial charge in [-0.3, -0.25) is 19.7 Å². The molecule has 1 aromatic carbocycles. The van der Waals surface area contributed by atoms with Crippen molar-refractivity contribution in [2.75, 3.05) is 23.3 Å². The Hall–Kier alpha value is -3.14. The molecule has 28 heavy (non-hydrogen) atoms. The monoisotopic (exact) mass is 403 g/mol. The number of nitrogens with one attached hydrogen (secondary N) is 1. The zero-order valence-electron chi connectivity index (χ0n) is 16.1. The van der Waals surface area contributed by atoms with E-state index in [9.17, 15) is 19.7 Å². The Morgan fingerprint density at radius 1 is 1.21 bits per heavy atom. The summed E-state index contributed by atoms with van der Waals surface area (Å²) in [7, 11) is 0. The molecule has 0 aliphatic rings. The summed E-state index contributed by atoms with van der Waals surface area (Å²) in [4.78, 5) is 36.0. The van der Waals surface area contributed by atoms with Gasteiger partial charge in [0.05, 0.1) is 21.9 Å². The van der Waals surface area contributed by atoms with Gasteiger partial charge in [-0.15, -0.1) is 10.2 Å². The molecule has 0 spiro atoms. The quantitative estimate of drug-likeness (QED) is 0.285. The van der Waals surface area contributed by atoms with Gasteiger partial charge in [0.1, 0.15) is 5.69 Å². The van der Waals surface area contributed by atoms with E-state index in [4.69, 9.17) is 0 Å². The molecule has 0 aliphatic heterocycles. The molecule has 148 valence electrons. The summed E-state index contributed by atoms with van der Waals surface area (Å²) < 4.78 is 0. The Morgan fingerprint density at radius 3 is 2.43 bits per heavy atom. The summed E-state index contributed by atoms with van der Waals surface area (Å²) >= 11 is 0.776. The Balaban J connectivity index is 2.54. The van der Waals surface area contributed by atoms with E-state index in [0.717, 1.165) is 30.1 Å². The largest absolute Gasteiger partial charge is 0.370 e. The Kier molecular flexibility index (Phi) is 6.94. The molecule has 1 heterocycles. The van der Waals surface area contributed by atoms with Crippen LogP contribution in [0.4, 0.5) is 27.1 Å².